The summed E-state index contributed by atoms with van der Waals surface area (Å²) in [5.74, 6) is 0. The zero-order valence-corrected chi connectivity index (χ0v) is 17.1. The van der Waals surface area contributed by atoms with Crippen LogP contribution in [-0.2, 0) is 0 Å². The maximum Gasteiger partial charge on any atom is -0.0230 e. The molecule has 1 aromatic rings. The van der Waals surface area contributed by atoms with E-state index in [0.29, 0.717) is 0 Å². The molecular formula is C24H39. The quantitative estimate of drug-likeness (QED) is 0.387. The lowest BCUT2D eigenvalue weighted by Gasteiger charge is -1.82. The molecule has 0 amide bonds. The molecule has 1 rings (SSSR count). The Kier molecular flexibility index (Phi) is 40.8. The Balaban J connectivity index is -0.000000118. The van der Waals surface area contributed by atoms with E-state index in [1.807, 2.05) is 64.1 Å². The highest BCUT2D eigenvalue weighted by Crippen LogP contribution is 1.92. The van der Waals surface area contributed by atoms with E-state index in [-0.39, 0.29) is 0 Å². The monoisotopic (exact) mass is 327 g/mol. The van der Waals surface area contributed by atoms with E-state index < -0.39 is 0 Å². The number of hydrogen-bond acceptors (Lipinski definition) is 0. The molecule has 0 aromatic heterocycles. The van der Waals surface area contributed by atoms with Crippen LogP contribution >= 0.6 is 0 Å². The summed E-state index contributed by atoms with van der Waals surface area (Å²) in [4.78, 5) is 0. The van der Waals surface area contributed by atoms with Crippen molar-refractivity contribution in [3.8, 4) is 0 Å². The summed E-state index contributed by atoms with van der Waals surface area (Å²) in [6.07, 6.45) is 13.2. The summed E-state index contributed by atoms with van der Waals surface area (Å²) in [6, 6.07) is 10.3. The van der Waals surface area contributed by atoms with Crippen LogP contribution in [0.4, 0.5) is 0 Å². The van der Waals surface area contributed by atoms with Gasteiger partial charge in [0.05, 0.1) is 0 Å². The zero-order valence-electron chi connectivity index (χ0n) is 17.1. The van der Waals surface area contributed by atoms with Crippen molar-refractivity contribution in [1.82, 2.24) is 0 Å². The first-order valence-electron chi connectivity index (χ1n) is 8.61. The molecule has 135 valence electrons. The molecule has 1 aromatic carbocycles. The fourth-order valence-corrected chi connectivity index (χ4v) is 0.872. The summed E-state index contributed by atoms with van der Waals surface area (Å²) < 4.78 is 0. The molecule has 0 spiro atoms. The Bertz CT molecular complexity index is 405. The SMILES string of the molecule is C=CC.C=[C]/C(C)=C\C=C/C=C.CC.CCC.Cc1ccccc1. The summed E-state index contributed by atoms with van der Waals surface area (Å²) in [6.45, 7) is 24.5. The van der Waals surface area contributed by atoms with Crippen molar-refractivity contribution in [2.24, 2.45) is 0 Å². The van der Waals surface area contributed by atoms with E-state index in [9.17, 15) is 0 Å². The normalized spacial score (nSPS) is 8.54. The molecule has 24 heavy (non-hydrogen) atoms. The molecule has 0 unspecified atom stereocenters. The maximum atomic E-state index is 3.53. The maximum absolute atomic E-state index is 3.53. The van der Waals surface area contributed by atoms with Crippen molar-refractivity contribution in [2.75, 3.05) is 0 Å². The number of hydrogen-bond donors (Lipinski definition) is 0. The van der Waals surface area contributed by atoms with Gasteiger partial charge in [0.15, 0.2) is 0 Å². The highest BCUT2D eigenvalue weighted by Gasteiger charge is 1.72. The first kappa shape index (κ1) is 29.9. The van der Waals surface area contributed by atoms with Gasteiger partial charge in [0, 0.05) is 0 Å². The van der Waals surface area contributed by atoms with E-state index in [1.54, 1.807) is 12.2 Å². The molecule has 0 aliphatic rings. The second-order valence-electron chi connectivity index (χ2n) is 4.42. The Morgan fingerprint density at radius 3 is 1.71 bits per heavy atom. The average molecular weight is 328 g/mol. The van der Waals surface area contributed by atoms with Gasteiger partial charge in [-0.2, -0.15) is 0 Å². The third-order valence-electron chi connectivity index (χ3n) is 1.81. The minimum atomic E-state index is 1.04. The minimum Gasteiger partial charge on any atom is -0.103 e. The molecule has 0 heteroatoms. The van der Waals surface area contributed by atoms with Crippen LogP contribution in [0.5, 0.6) is 0 Å². The van der Waals surface area contributed by atoms with Crippen molar-refractivity contribution >= 4 is 0 Å². The van der Waals surface area contributed by atoms with Gasteiger partial charge in [0.2, 0.25) is 0 Å². The molecule has 0 heterocycles. The molecule has 0 saturated heterocycles. The minimum absolute atomic E-state index is 1.04. The fourth-order valence-electron chi connectivity index (χ4n) is 0.872. The third-order valence-corrected chi connectivity index (χ3v) is 1.81. The highest BCUT2D eigenvalue weighted by molar-refractivity contribution is 5.17. The lowest BCUT2D eigenvalue weighted by atomic mass is 10.2. The van der Waals surface area contributed by atoms with E-state index in [1.165, 1.54) is 12.0 Å². The summed E-state index contributed by atoms with van der Waals surface area (Å²) in [7, 11) is 0. The number of allylic oxidation sites excluding steroid dienone is 7. The number of aryl methyl sites for hydroxylation is 1. The molecule has 0 bridgehead atoms. The van der Waals surface area contributed by atoms with Crippen LogP contribution in [0.2, 0.25) is 0 Å². The lowest BCUT2D eigenvalue weighted by Crippen LogP contribution is -1.62. The van der Waals surface area contributed by atoms with E-state index in [2.05, 4.69) is 58.7 Å². The van der Waals surface area contributed by atoms with E-state index in [0.717, 1.165) is 5.57 Å². The van der Waals surface area contributed by atoms with Crippen LogP contribution in [0.3, 0.4) is 0 Å². The van der Waals surface area contributed by atoms with Crippen molar-refractivity contribution in [3.63, 3.8) is 0 Å². The van der Waals surface area contributed by atoms with Gasteiger partial charge in [-0.3, -0.25) is 0 Å². The van der Waals surface area contributed by atoms with Gasteiger partial charge in [0.25, 0.3) is 0 Å². The summed E-state index contributed by atoms with van der Waals surface area (Å²) in [5.41, 5.74) is 2.36. The Morgan fingerprint density at radius 2 is 1.46 bits per heavy atom. The molecule has 0 aliphatic carbocycles. The molecule has 1 radical (unpaired) electrons. The Hall–Kier alpha value is -2.08. The van der Waals surface area contributed by atoms with Gasteiger partial charge >= 0.3 is 0 Å². The van der Waals surface area contributed by atoms with Gasteiger partial charge in [-0.15, -0.1) is 6.58 Å². The smallest absolute Gasteiger partial charge is 0.0230 e. The summed E-state index contributed by atoms with van der Waals surface area (Å²) in [5, 5.41) is 0. The topological polar surface area (TPSA) is 0 Å². The van der Waals surface area contributed by atoms with Crippen molar-refractivity contribution < 1.29 is 0 Å². The summed E-state index contributed by atoms with van der Waals surface area (Å²) >= 11 is 0. The predicted octanol–water partition coefficient (Wildman–Crippen LogP) is 8.29. The fraction of sp³-hybridized carbons (Fsp3) is 0.333. The molecule has 0 aliphatic heterocycles. The molecule has 0 N–H and O–H groups in total. The average Bonchev–Trinajstić information content (AvgIpc) is 2.59. The molecule has 0 atom stereocenters. The predicted molar refractivity (Wildman–Crippen MR) is 116 cm³/mol. The first-order valence-corrected chi connectivity index (χ1v) is 8.61. The number of benzene rings is 1. The second-order valence-corrected chi connectivity index (χ2v) is 4.42. The van der Waals surface area contributed by atoms with Crippen LogP contribution in [0.15, 0.2) is 86.0 Å². The van der Waals surface area contributed by atoms with Gasteiger partial charge in [-0.1, -0.05) is 114 Å². The molecular weight excluding hydrogens is 288 g/mol. The zero-order chi connectivity index (χ0) is 19.6. The van der Waals surface area contributed by atoms with Gasteiger partial charge < -0.3 is 0 Å². The van der Waals surface area contributed by atoms with Crippen LogP contribution in [0.25, 0.3) is 0 Å². The Morgan fingerprint density at radius 1 is 1.04 bits per heavy atom. The lowest BCUT2D eigenvalue weighted by molar-refractivity contribution is 1.09. The second kappa shape index (κ2) is 32.8. The van der Waals surface area contributed by atoms with Crippen LogP contribution in [0.1, 0.15) is 53.5 Å². The third kappa shape index (κ3) is 42.7. The first-order chi connectivity index (χ1) is 11.5. The Labute approximate surface area is 153 Å². The van der Waals surface area contributed by atoms with Crippen molar-refractivity contribution in [2.45, 2.75) is 54.9 Å². The van der Waals surface area contributed by atoms with Gasteiger partial charge in [0.1, 0.15) is 0 Å². The molecule has 0 nitrogen and oxygen atoms in total. The van der Waals surface area contributed by atoms with Crippen molar-refractivity contribution in [3.05, 3.63) is 97.7 Å². The largest absolute Gasteiger partial charge is 0.103 e. The number of rotatable bonds is 3. The molecule has 0 fully saturated rings. The van der Waals surface area contributed by atoms with Crippen LogP contribution < -0.4 is 0 Å². The van der Waals surface area contributed by atoms with E-state index >= 15 is 0 Å². The standard InChI is InChI=1S/C9H11.C7H8.C3H8.C3H6.C2H6/c1-4-6-7-8-9(3)5-2;1-7-5-3-2-4-6-7;2*1-3-2;1-2/h4,6-8H,1-2H2,3H3;2-6H,1H3;3H2,1-2H3;3H,1H2,2H3;1-2H3/b7-6-,9-8-;;;;. The van der Waals surface area contributed by atoms with Gasteiger partial charge in [-0.25, -0.2) is 0 Å². The highest BCUT2D eigenvalue weighted by atomic mass is 13.8. The van der Waals surface area contributed by atoms with Gasteiger partial charge in [-0.05, 0) is 32.4 Å². The molecule has 0 saturated carbocycles. The van der Waals surface area contributed by atoms with Crippen LogP contribution in [0, 0.1) is 13.0 Å². The van der Waals surface area contributed by atoms with E-state index in [4.69, 9.17) is 0 Å². The van der Waals surface area contributed by atoms with Crippen LogP contribution in [-0.4, -0.2) is 0 Å². The van der Waals surface area contributed by atoms with Crippen molar-refractivity contribution in [1.29, 1.82) is 0 Å².